The number of benzene rings is 1. The quantitative estimate of drug-likeness (QED) is 0.579. The van der Waals surface area contributed by atoms with Gasteiger partial charge in [0.25, 0.3) is 0 Å². The van der Waals surface area contributed by atoms with Crippen LogP contribution in [0.5, 0.6) is 17.2 Å². The number of methoxy groups -OCH3 is 3. The molecule has 1 atom stereocenters. The summed E-state index contributed by atoms with van der Waals surface area (Å²) in [7, 11) is 6.62. The van der Waals surface area contributed by atoms with E-state index in [1.807, 2.05) is 23.9 Å². The standard InChI is InChI=1S/C17H27N3O3S/c1-18-17(20-11-13-6-5-7-24-13)19-10-12-8-14(21-2)16(23-4)15(9-12)22-3/h8-9,13H,5-7,10-11H2,1-4H3,(H2,18,19,20). The van der Waals surface area contributed by atoms with Crippen molar-refractivity contribution in [2.24, 2.45) is 4.99 Å². The summed E-state index contributed by atoms with van der Waals surface area (Å²) in [5.41, 5.74) is 1.03. The first-order valence-corrected chi connectivity index (χ1v) is 9.11. The summed E-state index contributed by atoms with van der Waals surface area (Å²) in [6, 6.07) is 3.88. The highest BCUT2D eigenvalue weighted by atomic mass is 32.2. The second kappa shape index (κ2) is 9.52. The molecule has 0 bridgehead atoms. The van der Waals surface area contributed by atoms with Crippen LogP contribution in [0.3, 0.4) is 0 Å². The number of guanidine groups is 1. The molecule has 1 aliphatic heterocycles. The van der Waals surface area contributed by atoms with Gasteiger partial charge in [-0.25, -0.2) is 0 Å². The van der Waals surface area contributed by atoms with Crippen LogP contribution in [-0.2, 0) is 6.54 Å². The minimum Gasteiger partial charge on any atom is -0.493 e. The largest absolute Gasteiger partial charge is 0.493 e. The lowest BCUT2D eigenvalue weighted by Gasteiger charge is -2.17. The number of ether oxygens (including phenoxy) is 3. The fraction of sp³-hybridized carbons (Fsp3) is 0.588. The predicted molar refractivity (Wildman–Crippen MR) is 99.8 cm³/mol. The molecule has 134 valence electrons. The third-order valence-corrected chi connectivity index (χ3v) is 5.33. The number of nitrogens with zero attached hydrogens (tertiary/aromatic N) is 1. The molecular formula is C17H27N3O3S. The Kier molecular flexibility index (Phi) is 7.36. The van der Waals surface area contributed by atoms with Crippen LogP contribution >= 0.6 is 11.8 Å². The Hall–Kier alpha value is -1.76. The molecule has 1 aromatic rings. The zero-order valence-corrected chi connectivity index (χ0v) is 15.7. The first-order chi connectivity index (χ1) is 11.7. The average molecular weight is 353 g/mol. The molecule has 7 heteroatoms. The van der Waals surface area contributed by atoms with E-state index in [0.29, 0.717) is 29.0 Å². The van der Waals surface area contributed by atoms with Crippen LogP contribution in [0.1, 0.15) is 18.4 Å². The van der Waals surface area contributed by atoms with Crippen LogP contribution in [0.2, 0.25) is 0 Å². The maximum atomic E-state index is 5.39. The van der Waals surface area contributed by atoms with Crippen molar-refractivity contribution in [3.8, 4) is 17.2 Å². The second-order valence-corrected chi connectivity index (χ2v) is 6.88. The Bertz CT molecular complexity index is 535. The molecule has 1 aromatic carbocycles. The van der Waals surface area contributed by atoms with E-state index in [1.165, 1.54) is 18.6 Å². The Morgan fingerprint density at radius 1 is 1.17 bits per heavy atom. The van der Waals surface area contributed by atoms with Crippen molar-refractivity contribution in [1.29, 1.82) is 0 Å². The molecule has 2 N–H and O–H groups in total. The van der Waals surface area contributed by atoms with Gasteiger partial charge in [0.2, 0.25) is 5.75 Å². The number of hydrogen-bond acceptors (Lipinski definition) is 5. The maximum absolute atomic E-state index is 5.39. The normalized spacial score (nSPS) is 17.5. The number of nitrogens with one attached hydrogen (secondary N) is 2. The van der Waals surface area contributed by atoms with Gasteiger partial charge >= 0.3 is 0 Å². The van der Waals surface area contributed by atoms with Crippen LogP contribution in [0.15, 0.2) is 17.1 Å². The second-order valence-electron chi connectivity index (χ2n) is 5.48. The first-order valence-electron chi connectivity index (χ1n) is 8.06. The van der Waals surface area contributed by atoms with Crippen LogP contribution in [0.25, 0.3) is 0 Å². The highest BCUT2D eigenvalue weighted by Gasteiger charge is 2.16. The van der Waals surface area contributed by atoms with Crippen molar-refractivity contribution >= 4 is 17.7 Å². The lowest BCUT2D eigenvalue weighted by atomic mass is 10.2. The van der Waals surface area contributed by atoms with E-state index in [2.05, 4.69) is 15.6 Å². The van der Waals surface area contributed by atoms with Crippen LogP contribution in [0.4, 0.5) is 0 Å². The molecule has 1 unspecified atom stereocenters. The monoisotopic (exact) mass is 353 g/mol. The molecule has 1 fully saturated rings. The highest BCUT2D eigenvalue weighted by molar-refractivity contribution is 8.00. The van der Waals surface area contributed by atoms with Crippen LogP contribution in [-0.4, -0.2) is 51.9 Å². The van der Waals surface area contributed by atoms with E-state index in [9.17, 15) is 0 Å². The van der Waals surface area contributed by atoms with E-state index >= 15 is 0 Å². The van der Waals surface area contributed by atoms with Gasteiger partial charge in [0, 0.05) is 25.4 Å². The van der Waals surface area contributed by atoms with E-state index in [4.69, 9.17) is 14.2 Å². The summed E-state index contributed by atoms with van der Waals surface area (Å²) in [5, 5.41) is 7.40. The molecular weight excluding hydrogens is 326 g/mol. The van der Waals surface area contributed by atoms with E-state index in [-0.39, 0.29) is 0 Å². The maximum Gasteiger partial charge on any atom is 0.203 e. The van der Waals surface area contributed by atoms with E-state index < -0.39 is 0 Å². The van der Waals surface area contributed by atoms with Gasteiger partial charge < -0.3 is 24.8 Å². The zero-order valence-electron chi connectivity index (χ0n) is 14.8. The summed E-state index contributed by atoms with van der Waals surface area (Å²) in [6.45, 7) is 1.56. The number of hydrogen-bond donors (Lipinski definition) is 2. The molecule has 0 amide bonds. The Labute approximate surface area is 148 Å². The van der Waals surface area contributed by atoms with Gasteiger partial charge in [0.15, 0.2) is 17.5 Å². The van der Waals surface area contributed by atoms with Crippen molar-refractivity contribution in [3.05, 3.63) is 17.7 Å². The van der Waals surface area contributed by atoms with Gasteiger partial charge in [-0.3, -0.25) is 4.99 Å². The molecule has 24 heavy (non-hydrogen) atoms. The van der Waals surface area contributed by atoms with Gasteiger partial charge in [-0.05, 0) is 36.3 Å². The van der Waals surface area contributed by atoms with Crippen LogP contribution in [0, 0.1) is 0 Å². The van der Waals surface area contributed by atoms with Crippen LogP contribution < -0.4 is 24.8 Å². The molecule has 2 rings (SSSR count). The van der Waals surface area contributed by atoms with E-state index in [0.717, 1.165) is 18.1 Å². The minimum atomic E-state index is 0.601. The first kappa shape index (κ1) is 18.6. The molecule has 6 nitrogen and oxygen atoms in total. The Balaban J connectivity index is 1.96. The molecule has 0 radical (unpaired) electrons. The summed E-state index contributed by atoms with van der Waals surface area (Å²) in [4.78, 5) is 4.28. The fourth-order valence-corrected chi connectivity index (χ4v) is 3.86. The molecule has 1 heterocycles. The fourth-order valence-electron chi connectivity index (χ4n) is 2.66. The molecule has 0 aliphatic carbocycles. The van der Waals surface area contributed by atoms with Crippen molar-refractivity contribution in [2.45, 2.75) is 24.6 Å². The third kappa shape index (κ3) is 4.87. The lowest BCUT2D eigenvalue weighted by molar-refractivity contribution is 0.323. The summed E-state index contributed by atoms with van der Waals surface area (Å²) in [5.74, 6) is 3.97. The number of aliphatic imine (C=N–C) groups is 1. The van der Waals surface area contributed by atoms with Gasteiger partial charge in [0.1, 0.15) is 0 Å². The molecule has 1 saturated heterocycles. The van der Waals surface area contributed by atoms with Gasteiger partial charge in [-0.15, -0.1) is 0 Å². The van der Waals surface area contributed by atoms with Crippen molar-refractivity contribution in [3.63, 3.8) is 0 Å². The summed E-state index contributed by atoms with van der Waals surface area (Å²) >= 11 is 2.03. The predicted octanol–water partition coefficient (Wildman–Crippen LogP) is 2.27. The van der Waals surface area contributed by atoms with Gasteiger partial charge in [-0.2, -0.15) is 11.8 Å². The topological polar surface area (TPSA) is 64.1 Å². The number of rotatable bonds is 7. The Morgan fingerprint density at radius 2 is 1.88 bits per heavy atom. The lowest BCUT2D eigenvalue weighted by Crippen LogP contribution is -2.39. The number of thioether (sulfide) groups is 1. The molecule has 0 spiro atoms. The summed E-state index contributed by atoms with van der Waals surface area (Å²) < 4.78 is 16.1. The zero-order chi connectivity index (χ0) is 17.4. The Morgan fingerprint density at radius 3 is 2.38 bits per heavy atom. The third-order valence-electron chi connectivity index (χ3n) is 3.93. The molecule has 0 saturated carbocycles. The van der Waals surface area contributed by atoms with Crippen molar-refractivity contribution in [1.82, 2.24) is 10.6 Å². The van der Waals surface area contributed by atoms with Crippen molar-refractivity contribution in [2.75, 3.05) is 40.7 Å². The minimum absolute atomic E-state index is 0.601. The highest BCUT2D eigenvalue weighted by Crippen LogP contribution is 2.38. The van der Waals surface area contributed by atoms with Gasteiger partial charge in [-0.1, -0.05) is 0 Å². The van der Waals surface area contributed by atoms with E-state index in [1.54, 1.807) is 28.4 Å². The smallest absolute Gasteiger partial charge is 0.203 e. The molecule has 0 aromatic heterocycles. The van der Waals surface area contributed by atoms with Crippen molar-refractivity contribution < 1.29 is 14.2 Å². The SMILES string of the molecule is CN=C(NCc1cc(OC)c(OC)c(OC)c1)NCC1CCCS1. The summed E-state index contributed by atoms with van der Waals surface area (Å²) in [6.07, 6.45) is 2.59. The van der Waals surface area contributed by atoms with Gasteiger partial charge in [0.05, 0.1) is 21.3 Å². The molecule has 1 aliphatic rings. The average Bonchev–Trinajstić information content (AvgIpc) is 3.14.